The quantitative estimate of drug-likeness (QED) is 0.278. The number of benzene rings is 2. The molecule has 0 unspecified atom stereocenters. The number of hydrogen-bond donors (Lipinski definition) is 0. The van der Waals surface area contributed by atoms with Crippen molar-refractivity contribution >= 4 is 24.7 Å². The predicted molar refractivity (Wildman–Crippen MR) is 153 cm³/mol. The van der Waals surface area contributed by atoms with Crippen LogP contribution in [0.5, 0.6) is 0 Å². The molecule has 0 aliphatic heterocycles. The Labute approximate surface area is 221 Å². The van der Waals surface area contributed by atoms with E-state index in [9.17, 15) is 4.79 Å². The number of carbonyl (C=O) groups excluding carboxylic acids is 1. The van der Waals surface area contributed by atoms with Crippen molar-refractivity contribution in [3.8, 4) is 0 Å². The van der Waals surface area contributed by atoms with E-state index in [0.717, 1.165) is 25.7 Å². The number of rotatable bonds is 8. The Morgan fingerprint density at radius 3 is 1.83 bits per heavy atom. The third-order valence-corrected chi connectivity index (χ3v) is 12.7. The molecular weight excluding hydrogens is 460 g/mol. The molecule has 0 saturated heterocycles. The average Bonchev–Trinajstić information content (AvgIpc) is 2.81. The molecule has 1 saturated carbocycles. The molecule has 1 aliphatic carbocycles. The van der Waals surface area contributed by atoms with Gasteiger partial charge in [0.05, 0.1) is 5.41 Å². The zero-order valence-corrected chi connectivity index (χ0v) is 24.9. The first-order valence-electron chi connectivity index (χ1n) is 13.8. The number of hydrogen-bond acceptors (Lipinski definition) is 3. The van der Waals surface area contributed by atoms with Crippen LogP contribution in [0.15, 0.2) is 60.7 Å². The van der Waals surface area contributed by atoms with Gasteiger partial charge in [0.15, 0.2) is 0 Å². The lowest BCUT2D eigenvalue weighted by Crippen LogP contribution is -2.67. The Balaban J connectivity index is 1.81. The van der Waals surface area contributed by atoms with E-state index in [-0.39, 0.29) is 17.1 Å². The fourth-order valence-corrected chi connectivity index (χ4v) is 10.4. The van der Waals surface area contributed by atoms with Gasteiger partial charge in [-0.1, -0.05) is 94.3 Å². The maximum atomic E-state index is 12.8. The number of ether oxygens (including phenoxy) is 1. The molecule has 0 N–H and O–H groups in total. The van der Waals surface area contributed by atoms with Crippen LogP contribution >= 0.6 is 0 Å². The van der Waals surface area contributed by atoms with E-state index in [4.69, 9.17) is 9.16 Å². The van der Waals surface area contributed by atoms with E-state index in [1.807, 2.05) is 34.6 Å². The maximum Gasteiger partial charge on any atom is 0.312 e. The van der Waals surface area contributed by atoms with Crippen LogP contribution in [0.1, 0.15) is 93.9 Å². The molecule has 0 spiro atoms. The van der Waals surface area contributed by atoms with Crippen LogP contribution in [0, 0.1) is 11.3 Å². The Bertz CT molecular complexity index is 930. The van der Waals surface area contributed by atoms with Crippen molar-refractivity contribution in [2.24, 2.45) is 11.3 Å². The van der Waals surface area contributed by atoms with Gasteiger partial charge in [-0.15, -0.1) is 0 Å². The van der Waals surface area contributed by atoms with Crippen LogP contribution in [0.25, 0.3) is 0 Å². The van der Waals surface area contributed by atoms with Gasteiger partial charge in [0, 0.05) is 6.10 Å². The third-order valence-electron chi connectivity index (χ3n) is 7.62. The molecule has 1 fully saturated rings. The van der Waals surface area contributed by atoms with E-state index < -0.39 is 19.3 Å². The summed E-state index contributed by atoms with van der Waals surface area (Å²) in [6.45, 7) is 16.9. The molecule has 1 aliphatic rings. The molecule has 2 aromatic carbocycles. The van der Waals surface area contributed by atoms with Crippen molar-refractivity contribution in [2.75, 3.05) is 0 Å². The summed E-state index contributed by atoms with van der Waals surface area (Å²) in [5.74, 6) is 0.481. The van der Waals surface area contributed by atoms with Crippen LogP contribution in [0.4, 0.5) is 0 Å². The molecule has 4 heteroatoms. The highest BCUT2D eigenvalue weighted by Gasteiger charge is 2.51. The Kier molecular flexibility index (Phi) is 8.94. The fraction of sp³-hybridized carbons (Fsp3) is 0.594. The minimum absolute atomic E-state index is 0.0125. The summed E-state index contributed by atoms with van der Waals surface area (Å²) in [5.41, 5.74) is -0.924. The van der Waals surface area contributed by atoms with E-state index in [1.54, 1.807) is 0 Å². The Morgan fingerprint density at radius 2 is 1.36 bits per heavy atom. The van der Waals surface area contributed by atoms with Gasteiger partial charge in [-0.3, -0.25) is 4.79 Å². The number of carbonyl (C=O) groups is 1. The van der Waals surface area contributed by atoms with Crippen LogP contribution in [-0.2, 0) is 14.0 Å². The van der Waals surface area contributed by atoms with Gasteiger partial charge in [-0.25, -0.2) is 0 Å². The zero-order valence-electron chi connectivity index (χ0n) is 23.9. The van der Waals surface area contributed by atoms with Crippen molar-refractivity contribution in [3.05, 3.63) is 60.7 Å². The predicted octanol–water partition coefficient (Wildman–Crippen LogP) is 7.27. The molecule has 0 heterocycles. The van der Waals surface area contributed by atoms with Gasteiger partial charge in [-0.05, 0) is 81.6 Å². The smallest absolute Gasteiger partial charge is 0.312 e. The summed E-state index contributed by atoms with van der Waals surface area (Å²) < 4.78 is 13.1. The first-order valence-corrected chi connectivity index (χ1v) is 15.7. The molecule has 3 rings (SSSR count). The minimum Gasteiger partial charge on any atom is -0.460 e. The van der Waals surface area contributed by atoms with Crippen LogP contribution < -0.4 is 10.4 Å². The SMILES string of the molecule is CC(C)(C)OC(=O)C(C)(C)CC[C@H]1CCC[C@@H](O[Si](c2ccccc2)(c2ccccc2)C(C)(C)C)C1. The lowest BCUT2D eigenvalue weighted by Gasteiger charge is -2.46. The second-order valence-electron chi connectivity index (χ2n) is 13.4. The highest BCUT2D eigenvalue weighted by atomic mass is 28.4. The van der Waals surface area contributed by atoms with Gasteiger partial charge < -0.3 is 9.16 Å². The van der Waals surface area contributed by atoms with Gasteiger partial charge in [0.2, 0.25) is 0 Å². The van der Waals surface area contributed by atoms with Crippen molar-refractivity contribution in [1.29, 1.82) is 0 Å². The minimum atomic E-state index is -2.54. The Hall–Kier alpha value is -1.91. The second kappa shape index (κ2) is 11.2. The molecule has 0 radical (unpaired) electrons. The van der Waals surface area contributed by atoms with Gasteiger partial charge in [0.1, 0.15) is 5.60 Å². The molecule has 0 aromatic heterocycles. The largest absolute Gasteiger partial charge is 0.460 e. The lowest BCUT2D eigenvalue weighted by atomic mass is 9.79. The first kappa shape index (κ1) is 28.7. The molecule has 2 aromatic rings. The maximum absolute atomic E-state index is 12.8. The summed E-state index contributed by atoms with van der Waals surface area (Å²) in [6.07, 6.45) is 6.68. The summed E-state index contributed by atoms with van der Waals surface area (Å²) >= 11 is 0. The van der Waals surface area contributed by atoms with E-state index in [1.165, 1.54) is 23.2 Å². The average molecular weight is 509 g/mol. The fourth-order valence-electron chi connectivity index (χ4n) is 5.64. The van der Waals surface area contributed by atoms with Gasteiger partial charge in [-0.2, -0.15) is 0 Å². The first-order chi connectivity index (χ1) is 16.7. The summed E-state index contributed by atoms with van der Waals surface area (Å²) in [7, 11) is -2.54. The molecule has 0 bridgehead atoms. The highest BCUT2D eigenvalue weighted by Crippen LogP contribution is 2.41. The summed E-state index contributed by atoms with van der Waals surface area (Å²) in [6, 6.07) is 21.9. The van der Waals surface area contributed by atoms with Gasteiger partial charge in [0.25, 0.3) is 8.32 Å². The van der Waals surface area contributed by atoms with Crippen LogP contribution in [0.3, 0.4) is 0 Å². The van der Waals surface area contributed by atoms with Crippen molar-refractivity contribution in [2.45, 2.75) is 111 Å². The molecule has 3 nitrogen and oxygen atoms in total. The monoisotopic (exact) mass is 508 g/mol. The summed E-state index contributed by atoms with van der Waals surface area (Å²) in [5, 5.41) is 2.68. The third kappa shape index (κ3) is 6.89. The van der Waals surface area contributed by atoms with E-state index in [2.05, 4.69) is 81.4 Å². The molecule has 0 amide bonds. The zero-order chi connectivity index (χ0) is 26.6. The standard InChI is InChI=1S/C32H48O3Si/c1-30(2,3)34-29(33)32(7,8)23-22-25-16-15-17-26(24-25)35-36(31(4,5)6,27-18-11-9-12-19-27)28-20-13-10-14-21-28/h9-14,18-21,25-26H,15-17,22-24H2,1-8H3/t25-,26-/m1/s1. The molecule has 2 atom stereocenters. The number of esters is 1. The van der Waals surface area contributed by atoms with Crippen LogP contribution in [0.2, 0.25) is 5.04 Å². The van der Waals surface area contributed by atoms with Crippen molar-refractivity contribution in [1.82, 2.24) is 0 Å². The van der Waals surface area contributed by atoms with Gasteiger partial charge >= 0.3 is 5.97 Å². The highest BCUT2D eigenvalue weighted by molar-refractivity contribution is 6.99. The van der Waals surface area contributed by atoms with E-state index >= 15 is 0 Å². The normalized spacial score (nSPS) is 19.7. The van der Waals surface area contributed by atoms with Crippen molar-refractivity contribution in [3.63, 3.8) is 0 Å². The topological polar surface area (TPSA) is 35.5 Å². The lowest BCUT2D eigenvalue weighted by molar-refractivity contribution is -0.166. The second-order valence-corrected chi connectivity index (χ2v) is 17.6. The van der Waals surface area contributed by atoms with Crippen molar-refractivity contribution < 1.29 is 14.0 Å². The van der Waals surface area contributed by atoms with Crippen LogP contribution in [-0.4, -0.2) is 26.0 Å². The summed E-state index contributed by atoms with van der Waals surface area (Å²) in [4.78, 5) is 12.8. The molecular formula is C32H48O3Si. The molecule has 198 valence electrons. The molecule has 36 heavy (non-hydrogen) atoms. The Morgan fingerprint density at radius 1 is 0.833 bits per heavy atom. The van der Waals surface area contributed by atoms with E-state index in [0.29, 0.717) is 5.92 Å².